The molecule has 1 aromatic rings. The third kappa shape index (κ3) is 4.56. The molecule has 0 aromatic carbocycles. The van der Waals surface area contributed by atoms with Gasteiger partial charge in [0.15, 0.2) is 0 Å². The van der Waals surface area contributed by atoms with Crippen LogP contribution in [0.3, 0.4) is 0 Å². The number of carboxylic acids is 1. The van der Waals surface area contributed by atoms with Gasteiger partial charge in [-0.1, -0.05) is 0 Å². The number of nitrogens with one attached hydrogen (secondary N) is 2. The highest BCUT2D eigenvalue weighted by Crippen LogP contribution is 2.03. The molecule has 0 aliphatic heterocycles. The minimum atomic E-state index is -1.20. The van der Waals surface area contributed by atoms with Crippen LogP contribution in [0.5, 0.6) is 0 Å². The Bertz CT molecular complexity index is 534. The maximum absolute atomic E-state index is 11.6. The van der Waals surface area contributed by atoms with E-state index in [9.17, 15) is 14.4 Å². The maximum atomic E-state index is 11.6. The van der Waals surface area contributed by atoms with Gasteiger partial charge in [-0.2, -0.15) is 0 Å². The van der Waals surface area contributed by atoms with Crippen molar-refractivity contribution in [3.05, 3.63) is 29.9 Å². The Kier molecular flexibility index (Phi) is 5.45. The number of urea groups is 1. The number of aliphatic carboxylic acids is 1. The topological polar surface area (TPSA) is 113 Å². The third-order valence-electron chi connectivity index (χ3n) is 2.67. The van der Waals surface area contributed by atoms with Crippen molar-refractivity contribution >= 4 is 17.9 Å². The number of amides is 3. The highest BCUT2D eigenvalue weighted by Gasteiger charge is 2.14. The number of carbonyl (C=O) groups excluding carboxylic acids is 2. The molecular formula is C12H16N4O4. The third-order valence-corrected chi connectivity index (χ3v) is 2.67. The minimum absolute atomic E-state index is 0.0118. The fourth-order valence-electron chi connectivity index (χ4n) is 1.29. The Morgan fingerprint density at radius 1 is 1.25 bits per heavy atom. The number of nitrogens with zero attached hydrogens (tertiary/aromatic N) is 2. The first-order chi connectivity index (χ1) is 9.41. The van der Waals surface area contributed by atoms with E-state index < -0.39 is 17.9 Å². The summed E-state index contributed by atoms with van der Waals surface area (Å²) in [5.74, 6) is -1.93. The van der Waals surface area contributed by atoms with Crippen molar-refractivity contribution < 1.29 is 19.5 Å². The molecular weight excluding hydrogens is 264 g/mol. The van der Waals surface area contributed by atoms with Gasteiger partial charge in [-0.15, -0.1) is 0 Å². The molecule has 3 N–H and O–H groups in total. The first kappa shape index (κ1) is 15.4. The highest BCUT2D eigenvalue weighted by molar-refractivity contribution is 6.07. The van der Waals surface area contributed by atoms with Gasteiger partial charge in [-0.3, -0.25) is 10.1 Å². The molecule has 0 aliphatic carbocycles. The van der Waals surface area contributed by atoms with Crippen LogP contribution in [0.4, 0.5) is 4.79 Å². The first-order valence-corrected chi connectivity index (χ1v) is 5.87. The van der Waals surface area contributed by atoms with Crippen LogP contribution in [0, 0.1) is 0 Å². The van der Waals surface area contributed by atoms with E-state index in [1.54, 1.807) is 23.3 Å². The normalized spacial score (nSPS) is 11.5. The standard InChI is InChI=1S/C12H16N4O4/c1-8(9(2)11(18)19)10(17)15-12(20)14-4-6-16-5-3-13-7-16/h3,5,7H,4,6H2,1-2H3,(H,18,19)(H2,14,15,17,20). The number of aromatic nitrogens is 2. The van der Waals surface area contributed by atoms with Gasteiger partial charge < -0.3 is 15.0 Å². The molecule has 0 saturated heterocycles. The smallest absolute Gasteiger partial charge is 0.331 e. The predicted octanol–water partition coefficient (Wildman–Crippen LogP) is 0.130. The number of carbonyl (C=O) groups is 3. The van der Waals surface area contributed by atoms with E-state index in [1.807, 2.05) is 0 Å². The molecule has 8 nitrogen and oxygen atoms in total. The second-order valence-electron chi connectivity index (χ2n) is 4.07. The zero-order valence-corrected chi connectivity index (χ0v) is 11.2. The molecule has 0 atom stereocenters. The molecule has 1 aromatic heterocycles. The average molecular weight is 280 g/mol. The summed E-state index contributed by atoms with van der Waals surface area (Å²) in [6.07, 6.45) is 4.97. The van der Waals surface area contributed by atoms with Gasteiger partial charge in [0.25, 0.3) is 5.91 Å². The Hall–Kier alpha value is -2.64. The van der Waals surface area contributed by atoms with Crippen LogP contribution in [0.2, 0.25) is 0 Å². The summed E-state index contributed by atoms with van der Waals surface area (Å²) in [5.41, 5.74) is -0.115. The van der Waals surface area contributed by atoms with Crippen LogP contribution in [-0.2, 0) is 16.1 Å². The lowest BCUT2D eigenvalue weighted by Gasteiger charge is -2.08. The van der Waals surface area contributed by atoms with Crippen molar-refractivity contribution in [3.63, 3.8) is 0 Å². The maximum Gasteiger partial charge on any atom is 0.331 e. The van der Waals surface area contributed by atoms with Crippen molar-refractivity contribution in [2.45, 2.75) is 20.4 Å². The molecule has 108 valence electrons. The quantitative estimate of drug-likeness (QED) is 0.663. The number of rotatable bonds is 5. The van der Waals surface area contributed by atoms with Gasteiger partial charge in [0.05, 0.1) is 6.33 Å². The molecule has 0 saturated carbocycles. The van der Waals surface area contributed by atoms with E-state index in [0.717, 1.165) is 0 Å². The largest absolute Gasteiger partial charge is 0.478 e. The molecule has 0 radical (unpaired) electrons. The summed E-state index contributed by atoms with van der Waals surface area (Å²) in [4.78, 5) is 37.6. The summed E-state index contributed by atoms with van der Waals surface area (Å²) >= 11 is 0. The van der Waals surface area contributed by atoms with Crippen molar-refractivity contribution in [2.24, 2.45) is 0 Å². The molecule has 1 rings (SSSR count). The molecule has 0 spiro atoms. The SMILES string of the molecule is CC(C(=O)O)=C(C)C(=O)NC(=O)NCCn1ccnc1. The van der Waals surface area contributed by atoms with Gasteiger partial charge >= 0.3 is 12.0 Å². The summed E-state index contributed by atoms with van der Waals surface area (Å²) in [6.45, 7) is 3.48. The van der Waals surface area contributed by atoms with Crippen molar-refractivity contribution in [3.8, 4) is 0 Å². The van der Waals surface area contributed by atoms with Gasteiger partial charge in [0.2, 0.25) is 0 Å². The van der Waals surface area contributed by atoms with Crippen LogP contribution in [-0.4, -0.2) is 39.1 Å². The summed E-state index contributed by atoms with van der Waals surface area (Å²) in [6, 6.07) is -0.673. The molecule has 3 amide bonds. The summed E-state index contributed by atoms with van der Waals surface area (Å²) in [7, 11) is 0. The lowest BCUT2D eigenvalue weighted by atomic mass is 10.1. The zero-order chi connectivity index (χ0) is 15.1. The Labute approximate surface area is 115 Å². The fraction of sp³-hybridized carbons (Fsp3) is 0.333. The van der Waals surface area contributed by atoms with Gasteiger partial charge in [-0.25, -0.2) is 14.6 Å². The van der Waals surface area contributed by atoms with Crippen LogP contribution >= 0.6 is 0 Å². The Balaban J connectivity index is 2.40. The van der Waals surface area contributed by atoms with E-state index >= 15 is 0 Å². The van der Waals surface area contributed by atoms with E-state index in [2.05, 4.69) is 15.6 Å². The van der Waals surface area contributed by atoms with E-state index in [4.69, 9.17) is 5.11 Å². The summed E-state index contributed by atoms with van der Waals surface area (Å²) in [5, 5.41) is 13.3. The monoisotopic (exact) mass is 280 g/mol. The number of hydrogen-bond acceptors (Lipinski definition) is 4. The summed E-state index contributed by atoms with van der Waals surface area (Å²) < 4.78 is 1.77. The minimum Gasteiger partial charge on any atom is -0.478 e. The molecule has 0 fully saturated rings. The average Bonchev–Trinajstić information content (AvgIpc) is 2.89. The Morgan fingerprint density at radius 3 is 2.50 bits per heavy atom. The second kappa shape index (κ2) is 7.07. The zero-order valence-electron chi connectivity index (χ0n) is 11.2. The molecule has 8 heteroatoms. The molecule has 0 bridgehead atoms. The van der Waals surface area contributed by atoms with Crippen LogP contribution < -0.4 is 10.6 Å². The number of carboxylic acid groups (broad SMARTS) is 1. The van der Waals surface area contributed by atoms with Crippen LogP contribution in [0.25, 0.3) is 0 Å². The van der Waals surface area contributed by atoms with E-state index in [-0.39, 0.29) is 11.1 Å². The van der Waals surface area contributed by atoms with E-state index in [1.165, 1.54) is 13.8 Å². The Morgan fingerprint density at radius 2 is 1.95 bits per heavy atom. The van der Waals surface area contributed by atoms with Gasteiger partial charge in [0.1, 0.15) is 0 Å². The lowest BCUT2D eigenvalue weighted by molar-refractivity contribution is -0.133. The number of imide groups is 1. The lowest BCUT2D eigenvalue weighted by Crippen LogP contribution is -2.41. The number of imidazole rings is 1. The second-order valence-corrected chi connectivity index (χ2v) is 4.07. The molecule has 20 heavy (non-hydrogen) atoms. The van der Waals surface area contributed by atoms with Crippen LogP contribution in [0.15, 0.2) is 29.9 Å². The molecule has 0 unspecified atom stereocenters. The van der Waals surface area contributed by atoms with E-state index in [0.29, 0.717) is 13.1 Å². The van der Waals surface area contributed by atoms with Gasteiger partial charge in [0, 0.05) is 36.6 Å². The fourth-order valence-corrected chi connectivity index (χ4v) is 1.29. The van der Waals surface area contributed by atoms with Crippen molar-refractivity contribution in [1.82, 2.24) is 20.2 Å². The van der Waals surface area contributed by atoms with Crippen molar-refractivity contribution in [2.75, 3.05) is 6.54 Å². The molecule has 1 heterocycles. The first-order valence-electron chi connectivity index (χ1n) is 5.87. The van der Waals surface area contributed by atoms with Gasteiger partial charge in [-0.05, 0) is 13.8 Å². The highest BCUT2D eigenvalue weighted by atomic mass is 16.4. The van der Waals surface area contributed by atoms with Crippen molar-refractivity contribution in [1.29, 1.82) is 0 Å². The van der Waals surface area contributed by atoms with Crippen LogP contribution in [0.1, 0.15) is 13.8 Å². The number of hydrogen-bond donors (Lipinski definition) is 3. The predicted molar refractivity (Wildman–Crippen MR) is 69.8 cm³/mol. The molecule has 0 aliphatic rings.